The molecule has 1 aliphatic rings. The van der Waals surface area contributed by atoms with E-state index in [1.165, 1.54) is 48.6 Å². The highest BCUT2D eigenvalue weighted by molar-refractivity contribution is 5.98. The predicted octanol–water partition coefficient (Wildman–Crippen LogP) is 3.61. The van der Waals surface area contributed by atoms with Crippen LogP contribution in [0.5, 0.6) is 5.75 Å². The van der Waals surface area contributed by atoms with E-state index in [0.717, 1.165) is 10.7 Å². The fraction of sp³-hybridized carbons (Fsp3) is 0.167. The largest absolute Gasteiger partial charge is 0.493 e. The summed E-state index contributed by atoms with van der Waals surface area (Å²) >= 11 is 0. The Morgan fingerprint density at radius 1 is 1.24 bits per heavy atom. The summed E-state index contributed by atoms with van der Waals surface area (Å²) in [5.74, 6) is 0.174. The smallest absolute Gasteiger partial charge is 0.347 e. The fourth-order valence-corrected chi connectivity index (χ4v) is 3.44. The first-order valence-corrected chi connectivity index (χ1v) is 10.5. The molecule has 1 atom stereocenters. The van der Waals surface area contributed by atoms with Crippen LogP contribution in [0.15, 0.2) is 67.4 Å². The van der Waals surface area contributed by atoms with Crippen LogP contribution >= 0.6 is 0 Å². The third kappa shape index (κ3) is 4.80. The zero-order valence-corrected chi connectivity index (χ0v) is 18.8. The van der Waals surface area contributed by atoms with Crippen molar-refractivity contribution in [2.75, 3.05) is 12.0 Å². The molecule has 1 unspecified atom stereocenters. The molecule has 0 bridgehead atoms. The number of pyridine rings is 1. The molecule has 174 valence electrons. The third-order valence-electron chi connectivity index (χ3n) is 5.13. The van der Waals surface area contributed by atoms with Crippen LogP contribution in [0.4, 0.5) is 14.9 Å². The van der Waals surface area contributed by atoms with Crippen LogP contribution in [0.3, 0.4) is 0 Å². The minimum Gasteiger partial charge on any atom is -0.493 e. The number of benzene rings is 1. The minimum absolute atomic E-state index is 0.266. The number of hydrogen-bond acceptors (Lipinski definition) is 5. The number of ether oxygens (including phenoxy) is 1. The van der Waals surface area contributed by atoms with Crippen molar-refractivity contribution in [3.8, 4) is 11.6 Å². The van der Waals surface area contributed by atoms with Gasteiger partial charge in [-0.25, -0.2) is 24.2 Å². The Hall–Kier alpha value is -4.47. The maximum Gasteiger partial charge on any atom is 0.347 e. The van der Waals surface area contributed by atoms with Crippen molar-refractivity contribution < 1.29 is 18.7 Å². The van der Waals surface area contributed by atoms with Crippen LogP contribution in [0, 0.1) is 12.7 Å². The molecule has 0 saturated carbocycles. The number of amides is 3. The van der Waals surface area contributed by atoms with E-state index in [1.807, 2.05) is 20.0 Å². The van der Waals surface area contributed by atoms with E-state index in [9.17, 15) is 14.0 Å². The molecule has 10 heteroatoms. The van der Waals surface area contributed by atoms with Crippen molar-refractivity contribution in [3.63, 3.8) is 0 Å². The summed E-state index contributed by atoms with van der Waals surface area (Å²) in [6.45, 7) is 3.70. The number of hydrazine groups is 1. The average molecular weight is 462 g/mol. The first-order chi connectivity index (χ1) is 16.4. The topological polar surface area (TPSA) is 92.6 Å². The van der Waals surface area contributed by atoms with Crippen molar-refractivity contribution in [1.29, 1.82) is 0 Å². The van der Waals surface area contributed by atoms with Gasteiger partial charge >= 0.3 is 6.03 Å². The van der Waals surface area contributed by atoms with E-state index < -0.39 is 17.8 Å². The predicted molar refractivity (Wildman–Crippen MR) is 125 cm³/mol. The van der Waals surface area contributed by atoms with Gasteiger partial charge in [0.25, 0.3) is 5.91 Å². The van der Waals surface area contributed by atoms with Crippen LogP contribution < -0.4 is 15.1 Å². The first kappa shape index (κ1) is 22.7. The van der Waals surface area contributed by atoms with Gasteiger partial charge in [-0.3, -0.25) is 19.7 Å². The number of nitrogens with zero attached hydrogens (tertiary/aromatic N) is 5. The Bertz CT molecular complexity index is 1270. The summed E-state index contributed by atoms with van der Waals surface area (Å²) in [5.41, 5.74) is 4.53. The Morgan fingerprint density at radius 2 is 2.00 bits per heavy atom. The number of methoxy groups -OCH3 is 1. The second-order valence-electron chi connectivity index (χ2n) is 7.61. The molecule has 0 fully saturated rings. The molecule has 0 aliphatic carbocycles. The summed E-state index contributed by atoms with van der Waals surface area (Å²) in [5, 5.41) is 1.08. The van der Waals surface area contributed by atoms with E-state index in [-0.39, 0.29) is 6.04 Å². The lowest BCUT2D eigenvalue weighted by Gasteiger charge is -2.35. The summed E-state index contributed by atoms with van der Waals surface area (Å²) in [6.07, 6.45) is 11.2. The highest BCUT2D eigenvalue weighted by atomic mass is 19.1. The molecule has 1 aliphatic heterocycles. The number of halogens is 1. The number of urea groups is 1. The summed E-state index contributed by atoms with van der Waals surface area (Å²) in [4.78, 5) is 35.5. The van der Waals surface area contributed by atoms with Gasteiger partial charge in [0.05, 0.1) is 18.8 Å². The maximum absolute atomic E-state index is 13.3. The van der Waals surface area contributed by atoms with Crippen LogP contribution in [0.25, 0.3) is 11.9 Å². The number of carbonyl (C=O) groups excluding carboxylic acids is 2. The van der Waals surface area contributed by atoms with Crippen molar-refractivity contribution in [3.05, 3.63) is 84.5 Å². The van der Waals surface area contributed by atoms with Gasteiger partial charge in [0.2, 0.25) is 0 Å². The zero-order valence-electron chi connectivity index (χ0n) is 18.8. The molecule has 0 spiro atoms. The van der Waals surface area contributed by atoms with Gasteiger partial charge in [-0.2, -0.15) is 0 Å². The lowest BCUT2D eigenvalue weighted by molar-refractivity contribution is -0.119. The lowest BCUT2D eigenvalue weighted by Crippen LogP contribution is -2.54. The van der Waals surface area contributed by atoms with Gasteiger partial charge in [0, 0.05) is 30.4 Å². The molecule has 2 aromatic heterocycles. The molecule has 3 heterocycles. The Morgan fingerprint density at radius 3 is 2.68 bits per heavy atom. The molecule has 9 nitrogen and oxygen atoms in total. The first-order valence-electron chi connectivity index (χ1n) is 10.5. The fourth-order valence-electron chi connectivity index (χ4n) is 3.44. The Balaban J connectivity index is 1.46. The van der Waals surface area contributed by atoms with E-state index in [1.54, 1.807) is 35.3 Å². The summed E-state index contributed by atoms with van der Waals surface area (Å²) in [6, 6.07) is 6.59. The van der Waals surface area contributed by atoms with Crippen molar-refractivity contribution >= 4 is 23.7 Å². The Labute approximate surface area is 195 Å². The average Bonchev–Trinajstić information content (AvgIpc) is 3.26. The van der Waals surface area contributed by atoms with Crippen molar-refractivity contribution in [1.82, 2.24) is 25.0 Å². The standard InChI is InChI=1S/C24H23FN6O3/c1-16-14-29(15-27-16)23-21(34-3)12-18(13-26-23)4-9-22(32)28-30-11-10-17(2)31(24(30)33)20-7-5-19(25)6-8-20/h4-15,17H,1-3H3,(H,28,32). The highest BCUT2D eigenvalue weighted by Crippen LogP contribution is 2.24. The van der Waals surface area contributed by atoms with Gasteiger partial charge in [0.15, 0.2) is 11.6 Å². The minimum atomic E-state index is -0.514. The molecule has 0 radical (unpaired) electrons. The normalized spacial score (nSPS) is 15.8. The summed E-state index contributed by atoms with van der Waals surface area (Å²) < 4.78 is 20.4. The lowest BCUT2D eigenvalue weighted by atomic mass is 10.2. The van der Waals surface area contributed by atoms with Crippen LogP contribution in [0.2, 0.25) is 0 Å². The maximum atomic E-state index is 13.3. The number of anilines is 1. The van der Waals surface area contributed by atoms with Crippen LogP contribution in [-0.2, 0) is 4.79 Å². The van der Waals surface area contributed by atoms with Crippen LogP contribution in [-0.4, -0.2) is 44.6 Å². The molecule has 1 aromatic carbocycles. The Kier molecular flexibility index (Phi) is 6.39. The number of aromatic nitrogens is 3. The number of carbonyl (C=O) groups is 2. The number of nitrogens with one attached hydrogen (secondary N) is 1. The van der Waals surface area contributed by atoms with Gasteiger partial charge in [-0.1, -0.05) is 0 Å². The van der Waals surface area contributed by atoms with E-state index >= 15 is 0 Å². The molecular formula is C24H23FN6O3. The van der Waals surface area contributed by atoms with Gasteiger partial charge in [-0.15, -0.1) is 0 Å². The molecule has 0 saturated heterocycles. The molecular weight excluding hydrogens is 439 g/mol. The number of aryl methyl sites for hydroxylation is 1. The second-order valence-corrected chi connectivity index (χ2v) is 7.61. The van der Waals surface area contributed by atoms with Gasteiger partial charge in [0.1, 0.15) is 12.1 Å². The number of imidazole rings is 1. The number of hydrogen-bond donors (Lipinski definition) is 1. The highest BCUT2D eigenvalue weighted by Gasteiger charge is 2.29. The SMILES string of the molecule is COc1cc(C=CC(=O)NN2C=CC(C)N(c3ccc(F)cc3)C2=O)cnc1-n1cnc(C)c1. The van der Waals surface area contributed by atoms with E-state index in [0.29, 0.717) is 22.8 Å². The molecule has 3 amide bonds. The van der Waals surface area contributed by atoms with E-state index in [2.05, 4.69) is 15.4 Å². The third-order valence-corrected chi connectivity index (χ3v) is 5.13. The quantitative estimate of drug-likeness (QED) is 0.565. The van der Waals surface area contributed by atoms with Gasteiger partial charge in [-0.05, 0) is 61.9 Å². The molecule has 3 aromatic rings. The van der Waals surface area contributed by atoms with E-state index in [4.69, 9.17) is 4.74 Å². The van der Waals surface area contributed by atoms with Crippen molar-refractivity contribution in [2.45, 2.75) is 19.9 Å². The summed E-state index contributed by atoms with van der Waals surface area (Å²) in [7, 11) is 1.53. The molecule has 1 N–H and O–H groups in total. The molecule has 34 heavy (non-hydrogen) atoms. The monoisotopic (exact) mass is 462 g/mol. The van der Waals surface area contributed by atoms with Gasteiger partial charge < -0.3 is 4.74 Å². The second kappa shape index (κ2) is 9.57. The molecule has 4 rings (SSSR count). The van der Waals surface area contributed by atoms with Crippen LogP contribution in [0.1, 0.15) is 18.2 Å². The zero-order chi connectivity index (χ0) is 24.2. The van der Waals surface area contributed by atoms with Crippen molar-refractivity contribution in [2.24, 2.45) is 0 Å². The number of rotatable bonds is 6.